The Labute approximate surface area is 152 Å². The molecule has 1 aliphatic rings. The van der Waals surface area contributed by atoms with E-state index in [1.54, 1.807) is 12.3 Å². The van der Waals surface area contributed by atoms with Gasteiger partial charge in [0.15, 0.2) is 0 Å². The third-order valence-corrected chi connectivity index (χ3v) is 4.78. The Hall–Kier alpha value is -3.14. The molecule has 2 N–H and O–H groups in total. The van der Waals surface area contributed by atoms with E-state index in [0.29, 0.717) is 6.54 Å². The zero-order chi connectivity index (χ0) is 18.1. The normalized spacial score (nSPS) is 12.9. The number of halogens is 1. The first-order valence-corrected chi connectivity index (χ1v) is 8.62. The minimum atomic E-state index is -0.218. The molecule has 3 aromatic rings. The van der Waals surface area contributed by atoms with Crippen LogP contribution in [0.4, 0.5) is 10.1 Å². The summed E-state index contributed by atoms with van der Waals surface area (Å²) < 4.78 is 13.5. The zero-order valence-electron chi connectivity index (χ0n) is 14.6. The summed E-state index contributed by atoms with van der Waals surface area (Å²) in [5.74, 6) is -0.218. The number of nitrogens with two attached hydrogens (primary N) is 1. The Morgan fingerprint density at radius 2 is 2.00 bits per heavy atom. The number of nitrogen functional groups attached to an aromatic ring is 1. The zero-order valence-corrected chi connectivity index (χ0v) is 14.6. The van der Waals surface area contributed by atoms with E-state index in [2.05, 4.69) is 28.2 Å². The number of aromatic nitrogens is 1. The standard InChI is InChI=1S/C22H20FN3/c1-15-12-17(23)7-8-18(15)20-5-3-10-25-22(20)14-26-11-9-19-16(13-26)4-2-6-21(19)24/h2-12H,13-14,24H2,1H3. The topological polar surface area (TPSA) is 42.2 Å². The predicted octanol–water partition coefficient (Wildman–Crippen LogP) is 4.76. The van der Waals surface area contributed by atoms with Gasteiger partial charge < -0.3 is 10.6 Å². The summed E-state index contributed by atoms with van der Waals surface area (Å²) in [6, 6.07) is 14.9. The van der Waals surface area contributed by atoms with Crippen molar-refractivity contribution < 1.29 is 4.39 Å². The number of aryl methyl sites for hydroxylation is 1. The number of pyridine rings is 1. The Kier molecular flexibility index (Phi) is 4.17. The van der Waals surface area contributed by atoms with E-state index in [1.807, 2.05) is 37.3 Å². The number of nitrogens with zero attached hydrogens (tertiary/aromatic N) is 2. The molecule has 0 amide bonds. The summed E-state index contributed by atoms with van der Waals surface area (Å²) in [4.78, 5) is 6.81. The van der Waals surface area contributed by atoms with E-state index in [0.717, 1.165) is 40.2 Å². The molecule has 0 radical (unpaired) electrons. The molecule has 0 fully saturated rings. The Morgan fingerprint density at radius 3 is 2.85 bits per heavy atom. The van der Waals surface area contributed by atoms with Gasteiger partial charge in [0.2, 0.25) is 0 Å². The maximum atomic E-state index is 13.5. The van der Waals surface area contributed by atoms with Gasteiger partial charge in [0.1, 0.15) is 5.82 Å². The average molecular weight is 345 g/mol. The maximum Gasteiger partial charge on any atom is 0.123 e. The molecule has 0 atom stereocenters. The maximum absolute atomic E-state index is 13.5. The molecule has 4 rings (SSSR count). The fraction of sp³-hybridized carbons (Fsp3) is 0.136. The molecule has 0 saturated carbocycles. The molecule has 130 valence electrons. The first-order chi connectivity index (χ1) is 12.6. The van der Waals surface area contributed by atoms with Gasteiger partial charge in [0.05, 0.1) is 12.2 Å². The molecule has 1 aromatic heterocycles. The fourth-order valence-electron chi connectivity index (χ4n) is 3.46. The summed E-state index contributed by atoms with van der Waals surface area (Å²) in [5, 5.41) is 0. The van der Waals surface area contributed by atoms with Crippen molar-refractivity contribution in [2.45, 2.75) is 20.0 Å². The van der Waals surface area contributed by atoms with Crippen LogP contribution < -0.4 is 5.73 Å². The third kappa shape index (κ3) is 3.06. The van der Waals surface area contributed by atoms with Crippen LogP contribution in [0.5, 0.6) is 0 Å². The smallest absolute Gasteiger partial charge is 0.123 e. The number of anilines is 1. The lowest BCUT2D eigenvalue weighted by Gasteiger charge is -2.26. The van der Waals surface area contributed by atoms with E-state index in [1.165, 1.54) is 11.6 Å². The van der Waals surface area contributed by atoms with Gasteiger partial charge >= 0.3 is 0 Å². The van der Waals surface area contributed by atoms with Crippen LogP contribution >= 0.6 is 0 Å². The molecule has 0 bridgehead atoms. The molecule has 26 heavy (non-hydrogen) atoms. The van der Waals surface area contributed by atoms with Crippen molar-refractivity contribution in [1.82, 2.24) is 9.88 Å². The van der Waals surface area contributed by atoms with Gasteiger partial charge in [-0.3, -0.25) is 4.98 Å². The van der Waals surface area contributed by atoms with E-state index in [4.69, 9.17) is 5.73 Å². The quantitative estimate of drug-likeness (QED) is 0.696. The predicted molar refractivity (Wildman–Crippen MR) is 104 cm³/mol. The van der Waals surface area contributed by atoms with E-state index < -0.39 is 0 Å². The van der Waals surface area contributed by atoms with Crippen molar-refractivity contribution in [3.05, 3.63) is 89.1 Å². The molecule has 2 heterocycles. The van der Waals surface area contributed by atoms with Crippen molar-refractivity contribution in [3.8, 4) is 11.1 Å². The lowest BCUT2D eigenvalue weighted by molar-refractivity contribution is 0.356. The highest BCUT2D eigenvalue weighted by Gasteiger charge is 2.16. The monoisotopic (exact) mass is 345 g/mol. The highest BCUT2D eigenvalue weighted by Crippen LogP contribution is 2.29. The van der Waals surface area contributed by atoms with Crippen LogP contribution in [-0.4, -0.2) is 9.88 Å². The van der Waals surface area contributed by atoms with Crippen molar-refractivity contribution in [2.24, 2.45) is 0 Å². The van der Waals surface area contributed by atoms with Crippen LogP contribution in [0.3, 0.4) is 0 Å². The third-order valence-electron chi connectivity index (χ3n) is 4.78. The van der Waals surface area contributed by atoms with Gasteiger partial charge in [0.25, 0.3) is 0 Å². The second-order valence-electron chi connectivity index (χ2n) is 6.60. The van der Waals surface area contributed by atoms with E-state index in [-0.39, 0.29) is 5.82 Å². The van der Waals surface area contributed by atoms with Crippen molar-refractivity contribution in [2.75, 3.05) is 5.73 Å². The summed E-state index contributed by atoms with van der Waals surface area (Å²) in [7, 11) is 0. The second-order valence-corrected chi connectivity index (χ2v) is 6.60. The van der Waals surface area contributed by atoms with Gasteiger partial charge in [0, 0.05) is 35.8 Å². The van der Waals surface area contributed by atoms with E-state index in [9.17, 15) is 4.39 Å². The lowest BCUT2D eigenvalue weighted by atomic mass is 9.98. The molecule has 0 unspecified atom stereocenters. The first-order valence-electron chi connectivity index (χ1n) is 8.62. The molecule has 2 aromatic carbocycles. The van der Waals surface area contributed by atoms with Gasteiger partial charge in [-0.1, -0.05) is 24.3 Å². The number of hydrogen-bond acceptors (Lipinski definition) is 3. The van der Waals surface area contributed by atoms with Crippen molar-refractivity contribution >= 4 is 11.8 Å². The fourth-order valence-corrected chi connectivity index (χ4v) is 3.46. The summed E-state index contributed by atoms with van der Waals surface area (Å²) >= 11 is 0. The molecule has 3 nitrogen and oxygen atoms in total. The first kappa shape index (κ1) is 16.3. The number of hydrogen-bond donors (Lipinski definition) is 1. The van der Waals surface area contributed by atoms with Gasteiger partial charge in [-0.2, -0.15) is 0 Å². The van der Waals surface area contributed by atoms with Crippen LogP contribution in [-0.2, 0) is 13.1 Å². The molecule has 0 aliphatic carbocycles. The minimum Gasteiger partial charge on any atom is -0.398 e. The molecule has 1 aliphatic heterocycles. The van der Waals surface area contributed by atoms with Crippen LogP contribution in [0.1, 0.15) is 22.4 Å². The van der Waals surface area contributed by atoms with Crippen LogP contribution in [0.2, 0.25) is 0 Å². The van der Waals surface area contributed by atoms with Gasteiger partial charge in [-0.25, -0.2) is 4.39 Å². The number of rotatable bonds is 3. The van der Waals surface area contributed by atoms with Crippen molar-refractivity contribution in [1.29, 1.82) is 0 Å². The highest BCUT2D eigenvalue weighted by molar-refractivity contribution is 5.70. The van der Waals surface area contributed by atoms with Crippen molar-refractivity contribution in [3.63, 3.8) is 0 Å². The molecular formula is C22H20FN3. The summed E-state index contributed by atoms with van der Waals surface area (Å²) in [6.45, 7) is 3.39. The minimum absolute atomic E-state index is 0.218. The van der Waals surface area contributed by atoms with Crippen LogP contribution in [0.15, 0.2) is 60.9 Å². The molecule has 0 spiro atoms. The number of fused-ring (bicyclic) bond motifs is 1. The van der Waals surface area contributed by atoms with Crippen LogP contribution in [0, 0.1) is 12.7 Å². The summed E-state index contributed by atoms with van der Waals surface area (Å²) in [6.07, 6.45) is 5.92. The Bertz CT molecular complexity index is 994. The molecule has 4 heteroatoms. The SMILES string of the molecule is Cc1cc(F)ccc1-c1cccnc1CN1C=Cc2c(N)cccc2C1. The van der Waals surface area contributed by atoms with Gasteiger partial charge in [-0.15, -0.1) is 0 Å². The molecule has 0 saturated heterocycles. The Balaban J connectivity index is 1.65. The second kappa shape index (κ2) is 6.64. The largest absolute Gasteiger partial charge is 0.398 e. The van der Waals surface area contributed by atoms with Gasteiger partial charge in [-0.05, 0) is 54.0 Å². The lowest BCUT2D eigenvalue weighted by Crippen LogP contribution is -2.21. The van der Waals surface area contributed by atoms with E-state index >= 15 is 0 Å². The summed E-state index contributed by atoms with van der Waals surface area (Å²) in [5.41, 5.74) is 13.1. The Morgan fingerprint density at radius 1 is 1.12 bits per heavy atom. The molecular weight excluding hydrogens is 325 g/mol. The number of benzene rings is 2. The average Bonchev–Trinajstić information content (AvgIpc) is 2.63. The van der Waals surface area contributed by atoms with Crippen LogP contribution in [0.25, 0.3) is 17.2 Å². The highest BCUT2D eigenvalue weighted by atomic mass is 19.1.